The largest absolute Gasteiger partial charge is 0.369 e. The van der Waals surface area contributed by atoms with Crippen molar-refractivity contribution in [2.45, 2.75) is 6.04 Å². The molecule has 70 valence electrons. The van der Waals surface area contributed by atoms with Gasteiger partial charge in [0.2, 0.25) is 5.91 Å². The normalized spacial score (nSPS) is 12.5. The van der Waals surface area contributed by atoms with Crippen LogP contribution in [-0.2, 0) is 9.59 Å². The van der Waals surface area contributed by atoms with Gasteiger partial charge < -0.3 is 11.5 Å². The van der Waals surface area contributed by atoms with Crippen LogP contribution in [0, 0.1) is 0 Å². The number of thioether (sulfide) groups is 1. The van der Waals surface area contributed by atoms with Gasteiger partial charge in [-0.2, -0.15) is 12.6 Å². The fraction of sp³-hybridized carbons (Fsp3) is 0.667. The van der Waals surface area contributed by atoms with E-state index in [0.717, 1.165) is 0 Å². The summed E-state index contributed by atoms with van der Waals surface area (Å²) < 4.78 is 0. The number of thiol groups is 1. The Kier molecular flexibility index (Phi) is 6.23. The first-order chi connectivity index (χ1) is 5.57. The monoisotopic (exact) mass is 208 g/mol. The number of primary amides is 1. The average molecular weight is 208 g/mol. The molecule has 4 nitrogen and oxygen atoms in total. The lowest BCUT2D eigenvalue weighted by Crippen LogP contribution is -2.33. The predicted molar refractivity (Wildman–Crippen MR) is 53.4 cm³/mol. The molecule has 0 aliphatic heterocycles. The molecule has 0 spiro atoms. The summed E-state index contributed by atoms with van der Waals surface area (Å²) in [4.78, 5) is 21.3. The summed E-state index contributed by atoms with van der Waals surface area (Å²) in [6, 6.07) is -0.534. The van der Waals surface area contributed by atoms with Gasteiger partial charge >= 0.3 is 0 Å². The lowest BCUT2D eigenvalue weighted by atomic mass is 10.2. The van der Waals surface area contributed by atoms with E-state index < -0.39 is 11.9 Å². The van der Waals surface area contributed by atoms with Crippen LogP contribution in [-0.4, -0.2) is 35.0 Å². The highest BCUT2D eigenvalue weighted by molar-refractivity contribution is 8.00. The van der Waals surface area contributed by atoms with E-state index in [1.807, 2.05) is 0 Å². The van der Waals surface area contributed by atoms with Gasteiger partial charge in [0.25, 0.3) is 0 Å². The molecule has 1 amide bonds. The molecule has 0 saturated carbocycles. The molecule has 12 heavy (non-hydrogen) atoms. The van der Waals surface area contributed by atoms with Crippen LogP contribution in [0.4, 0.5) is 0 Å². The topological polar surface area (TPSA) is 86.2 Å². The predicted octanol–water partition coefficient (Wildman–Crippen LogP) is -0.969. The Morgan fingerprint density at radius 1 is 1.42 bits per heavy atom. The number of carbonyl (C=O) groups is 2. The Morgan fingerprint density at radius 2 is 2.00 bits per heavy atom. The molecule has 0 aromatic carbocycles. The average Bonchev–Trinajstić information content (AvgIpc) is 2.02. The van der Waals surface area contributed by atoms with Gasteiger partial charge in [0.1, 0.15) is 0 Å². The van der Waals surface area contributed by atoms with Crippen molar-refractivity contribution < 1.29 is 9.59 Å². The molecule has 0 aromatic rings. The SMILES string of the molecule is NC(=O)CSCC(=O)[C@@H](N)CS. The summed E-state index contributed by atoms with van der Waals surface area (Å²) in [5.74, 6) is 0.189. The highest BCUT2D eigenvalue weighted by Gasteiger charge is 2.11. The molecule has 0 unspecified atom stereocenters. The van der Waals surface area contributed by atoms with Crippen molar-refractivity contribution in [3.63, 3.8) is 0 Å². The molecule has 4 N–H and O–H groups in total. The van der Waals surface area contributed by atoms with E-state index in [1.165, 1.54) is 11.8 Å². The fourth-order valence-corrected chi connectivity index (χ4v) is 1.38. The van der Waals surface area contributed by atoms with Gasteiger partial charge in [-0.25, -0.2) is 0 Å². The molecule has 0 radical (unpaired) electrons. The van der Waals surface area contributed by atoms with Gasteiger partial charge in [-0.15, -0.1) is 11.8 Å². The summed E-state index contributed by atoms with van der Waals surface area (Å²) in [6.07, 6.45) is 0. The summed E-state index contributed by atoms with van der Waals surface area (Å²) in [5, 5.41) is 0. The Morgan fingerprint density at radius 3 is 2.42 bits per heavy atom. The maximum absolute atomic E-state index is 11.0. The van der Waals surface area contributed by atoms with E-state index in [2.05, 4.69) is 12.6 Å². The Bertz CT molecular complexity index is 175. The maximum atomic E-state index is 11.0. The molecule has 0 aromatic heterocycles. The minimum Gasteiger partial charge on any atom is -0.369 e. The van der Waals surface area contributed by atoms with Crippen molar-refractivity contribution in [3.05, 3.63) is 0 Å². The molecular formula is C6H12N2O2S2. The molecule has 0 saturated heterocycles. The molecule has 0 aliphatic carbocycles. The van der Waals surface area contributed by atoms with E-state index in [9.17, 15) is 9.59 Å². The van der Waals surface area contributed by atoms with E-state index in [1.54, 1.807) is 0 Å². The highest BCUT2D eigenvalue weighted by Crippen LogP contribution is 2.00. The number of amides is 1. The van der Waals surface area contributed by atoms with Crippen LogP contribution in [0.2, 0.25) is 0 Å². The van der Waals surface area contributed by atoms with Gasteiger partial charge in [-0.05, 0) is 0 Å². The number of rotatable bonds is 6. The van der Waals surface area contributed by atoms with Gasteiger partial charge in [0, 0.05) is 5.75 Å². The Balaban J connectivity index is 3.50. The van der Waals surface area contributed by atoms with Crippen molar-refractivity contribution >= 4 is 36.1 Å². The quantitative estimate of drug-likeness (QED) is 0.490. The standard InChI is InChI=1S/C6H12N2O2S2/c7-4(1-11)5(9)2-12-3-6(8)10/h4,11H,1-3,7H2,(H2,8,10)/t4-/m0/s1. The third-order valence-electron chi connectivity index (χ3n) is 1.10. The first kappa shape index (κ1) is 11.8. The van der Waals surface area contributed by atoms with Crippen molar-refractivity contribution in [2.24, 2.45) is 11.5 Å². The highest BCUT2D eigenvalue weighted by atomic mass is 32.2. The summed E-state index contributed by atoms with van der Waals surface area (Å²) >= 11 is 5.05. The van der Waals surface area contributed by atoms with Gasteiger partial charge in [-0.3, -0.25) is 9.59 Å². The van der Waals surface area contributed by atoms with E-state index in [-0.39, 0.29) is 17.3 Å². The lowest BCUT2D eigenvalue weighted by Gasteiger charge is -2.05. The first-order valence-electron chi connectivity index (χ1n) is 3.33. The second kappa shape index (κ2) is 6.33. The zero-order chi connectivity index (χ0) is 9.56. The number of nitrogens with two attached hydrogens (primary N) is 2. The summed E-state index contributed by atoms with van der Waals surface area (Å²) in [7, 11) is 0. The van der Waals surface area contributed by atoms with Crippen molar-refractivity contribution in [1.82, 2.24) is 0 Å². The van der Waals surface area contributed by atoms with Crippen molar-refractivity contribution in [1.29, 1.82) is 0 Å². The van der Waals surface area contributed by atoms with Gasteiger partial charge in [0.15, 0.2) is 5.78 Å². The van der Waals surface area contributed by atoms with Crippen LogP contribution >= 0.6 is 24.4 Å². The second-order valence-electron chi connectivity index (χ2n) is 2.21. The number of hydrogen-bond acceptors (Lipinski definition) is 5. The Labute approximate surface area is 80.8 Å². The first-order valence-corrected chi connectivity index (χ1v) is 5.12. The van der Waals surface area contributed by atoms with Crippen LogP contribution in [0.15, 0.2) is 0 Å². The number of carbonyl (C=O) groups excluding carboxylic acids is 2. The van der Waals surface area contributed by atoms with Crippen LogP contribution in [0.25, 0.3) is 0 Å². The molecule has 0 fully saturated rings. The third-order valence-corrected chi connectivity index (χ3v) is 2.47. The molecular weight excluding hydrogens is 196 g/mol. The van der Waals surface area contributed by atoms with Crippen LogP contribution < -0.4 is 11.5 Å². The second-order valence-corrected chi connectivity index (χ2v) is 3.57. The van der Waals surface area contributed by atoms with Crippen molar-refractivity contribution in [3.8, 4) is 0 Å². The summed E-state index contributed by atoms with van der Waals surface area (Å²) in [5.41, 5.74) is 10.2. The minimum atomic E-state index is -0.534. The molecule has 0 bridgehead atoms. The Hall–Kier alpha value is -0.200. The molecule has 0 rings (SSSR count). The van der Waals surface area contributed by atoms with Crippen molar-refractivity contribution in [2.75, 3.05) is 17.3 Å². The molecule has 0 aliphatic rings. The van der Waals surface area contributed by atoms with E-state index in [4.69, 9.17) is 11.5 Å². The maximum Gasteiger partial charge on any atom is 0.227 e. The fourth-order valence-electron chi connectivity index (χ4n) is 0.461. The number of ketones is 1. The van der Waals surface area contributed by atoms with E-state index in [0.29, 0.717) is 5.75 Å². The zero-order valence-electron chi connectivity index (χ0n) is 6.53. The van der Waals surface area contributed by atoms with Crippen LogP contribution in [0.3, 0.4) is 0 Å². The number of hydrogen-bond donors (Lipinski definition) is 3. The zero-order valence-corrected chi connectivity index (χ0v) is 8.24. The number of Topliss-reactive ketones (excluding diaryl/α,β-unsaturated/α-hetero) is 1. The third kappa shape index (κ3) is 5.45. The van der Waals surface area contributed by atoms with Gasteiger partial charge in [0.05, 0.1) is 17.5 Å². The van der Waals surface area contributed by atoms with Crippen LogP contribution in [0.1, 0.15) is 0 Å². The lowest BCUT2D eigenvalue weighted by molar-refractivity contribution is -0.117. The summed E-state index contributed by atoms with van der Waals surface area (Å²) in [6.45, 7) is 0. The molecule has 6 heteroatoms. The molecule has 0 heterocycles. The smallest absolute Gasteiger partial charge is 0.227 e. The van der Waals surface area contributed by atoms with Gasteiger partial charge in [-0.1, -0.05) is 0 Å². The minimum absolute atomic E-state index is 0.101. The molecule has 1 atom stereocenters. The van der Waals surface area contributed by atoms with E-state index >= 15 is 0 Å². The van der Waals surface area contributed by atoms with Crippen LogP contribution in [0.5, 0.6) is 0 Å².